The van der Waals surface area contributed by atoms with Crippen molar-refractivity contribution in [2.75, 3.05) is 5.33 Å². The van der Waals surface area contributed by atoms with Crippen LogP contribution < -0.4 is 0 Å². The number of rotatable bonds is 6. The van der Waals surface area contributed by atoms with E-state index in [1.165, 1.54) is 24.0 Å². The minimum atomic E-state index is 0.133. The number of carbonyl (C=O) groups excluding carboxylic acids is 1. The van der Waals surface area contributed by atoms with Gasteiger partial charge in [0.25, 0.3) is 0 Å². The monoisotopic (exact) mass is 312 g/mol. The smallest absolute Gasteiger partial charge is 0.124 e. The van der Waals surface area contributed by atoms with E-state index in [2.05, 4.69) is 48.9 Å². The highest BCUT2D eigenvalue weighted by molar-refractivity contribution is 9.09. The Morgan fingerprint density at radius 3 is 2.78 bits per heavy atom. The average Bonchev–Trinajstić information content (AvgIpc) is 2.32. The predicted octanol–water partition coefficient (Wildman–Crippen LogP) is 5.06. The molecular weight excluding hydrogens is 288 g/mol. The van der Waals surface area contributed by atoms with Crippen LogP contribution in [0.15, 0.2) is 23.3 Å². The summed E-state index contributed by atoms with van der Waals surface area (Å²) in [5, 5.41) is 1.07. The quantitative estimate of drug-likeness (QED) is 0.290. The molecule has 1 aliphatic carbocycles. The molecule has 0 heterocycles. The highest BCUT2D eigenvalue weighted by atomic mass is 79.9. The van der Waals surface area contributed by atoms with Crippen LogP contribution in [0, 0.1) is 11.3 Å². The van der Waals surface area contributed by atoms with Gasteiger partial charge in [0.1, 0.15) is 6.29 Å². The Labute approximate surface area is 120 Å². The third-order valence-corrected chi connectivity index (χ3v) is 4.77. The summed E-state index contributed by atoms with van der Waals surface area (Å²) in [6.07, 6.45) is 11.0. The molecule has 0 fully saturated rings. The molecule has 18 heavy (non-hydrogen) atoms. The first kappa shape index (κ1) is 15.7. The number of alkyl halides is 1. The van der Waals surface area contributed by atoms with Gasteiger partial charge in [0.2, 0.25) is 0 Å². The second-order valence-electron chi connectivity index (χ2n) is 5.76. The second kappa shape index (κ2) is 7.28. The van der Waals surface area contributed by atoms with E-state index in [-0.39, 0.29) is 5.41 Å². The molecule has 1 rings (SSSR count). The fourth-order valence-corrected chi connectivity index (χ4v) is 3.29. The third-order valence-electron chi connectivity index (χ3n) is 4.21. The lowest BCUT2D eigenvalue weighted by molar-refractivity contribution is -0.107. The topological polar surface area (TPSA) is 17.1 Å². The molecule has 0 amide bonds. The van der Waals surface area contributed by atoms with E-state index in [0.29, 0.717) is 12.3 Å². The molecule has 1 unspecified atom stereocenters. The fraction of sp³-hybridized carbons (Fsp3) is 0.688. The van der Waals surface area contributed by atoms with Crippen molar-refractivity contribution in [2.45, 2.75) is 52.9 Å². The minimum absolute atomic E-state index is 0.133. The van der Waals surface area contributed by atoms with E-state index < -0.39 is 0 Å². The van der Waals surface area contributed by atoms with Crippen molar-refractivity contribution in [2.24, 2.45) is 11.3 Å². The zero-order valence-corrected chi connectivity index (χ0v) is 13.4. The lowest BCUT2D eigenvalue weighted by Crippen LogP contribution is -2.29. The summed E-state index contributed by atoms with van der Waals surface area (Å²) < 4.78 is 0. The van der Waals surface area contributed by atoms with Crippen LogP contribution >= 0.6 is 15.9 Å². The highest BCUT2D eigenvalue weighted by Gasteiger charge is 2.35. The van der Waals surface area contributed by atoms with E-state index in [1.54, 1.807) is 0 Å². The van der Waals surface area contributed by atoms with Crippen LogP contribution in [0.3, 0.4) is 0 Å². The van der Waals surface area contributed by atoms with Gasteiger partial charge in [0, 0.05) is 11.8 Å². The van der Waals surface area contributed by atoms with Crippen LogP contribution in [-0.2, 0) is 4.79 Å². The molecule has 0 saturated carbocycles. The first-order valence-electron chi connectivity index (χ1n) is 6.89. The van der Waals surface area contributed by atoms with E-state index in [4.69, 9.17) is 0 Å². The lowest BCUT2D eigenvalue weighted by Gasteiger charge is -2.40. The van der Waals surface area contributed by atoms with E-state index in [1.807, 2.05) is 0 Å². The Hall–Kier alpha value is -0.370. The predicted molar refractivity (Wildman–Crippen MR) is 82.1 cm³/mol. The number of carbonyl (C=O) groups is 1. The molecule has 102 valence electrons. The van der Waals surface area contributed by atoms with Crippen LogP contribution in [0.2, 0.25) is 0 Å². The van der Waals surface area contributed by atoms with Crippen molar-refractivity contribution in [3.05, 3.63) is 23.3 Å². The molecule has 1 nitrogen and oxygen atoms in total. The van der Waals surface area contributed by atoms with E-state index in [0.717, 1.165) is 24.5 Å². The van der Waals surface area contributed by atoms with E-state index >= 15 is 0 Å². The van der Waals surface area contributed by atoms with Crippen LogP contribution in [-0.4, -0.2) is 11.6 Å². The Bertz CT molecular complexity index is 339. The summed E-state index contributed by atoms with van der Waals surface area (Å²) in [6.45, 7) is 6.76. The minimum Gasteiger partial charge on any atom is -0.303 e. The molecule has 0 aromatic heterocycles. The average molecular weight is 313 g/mol. The van der Waals surface area contributed by atoms with Crippen molar-refractivity contribution >= 4 is 22.2 Å². The van der Waals surface area contributed by atoms with Gasteiger partial charge in [-0.3, -0.25) is 0 Å². The second-order valence-corrected chi connectivity index (χ2v) is 6.55. The summed E-state index contributed by atoms with van der Waals surface area (Å²) in [5.74, 6) is 0.575. The summed E-state index contributed by atoms with van der Waals surface area (Å²) in [7, 11) is 0. The van der Waals surface area contributed by atoms with Crippen molar-refractivity contribution < 1.29 is 4.79 Å². The number of allylic oxidation sites excluding steroid dienone is 4. The molecule has 1 aliphatic rings. The molecule has 0 N–H and O–H groups in total. The molecule has 0 aromatic rings. The maximum absolute atomic E-state index is 10.9. The lowest BCUT2D eigenvalue weighted by atomic mass is 9.64. The van der Waals surface area contributed by atoms with Crippen molar-refractivity contribution in [1.82, 2.24) is 0 Å². The van der Waals surface area contributed by atoms with Gasteiger partial charge in [0.05, 0.1) is 0 Å². The van der Waals surface area contributed by atoms with Crippen molar-refractivity contribution in [1.29, 1.82) is 0 Å². The van der Waals surface area contributed by atoms with Gasteiger partial charge < -0.3 is 4.79 Å². The highest BCUT2D eigenvalue weighted by Crippen LogP contribution is 2.46. The number of hydrogen-bond acceptors (Lipinski definition) is 1. The molecule has 1 atom stereocenters. The Kier molecular flexibility index (Phi) is 6.34. The van der Waals surface area contributed by atoms with Crippen LogP contribution in [0.1, 0.15) is 52.9 Å². The largest absolute Gasteiger partial charge is 0.303 e. The summed E-state index contributed by atoms with van der Waals surface area (Å²) >= 11 is 3.46. The van der Waals surface area contributed by atoms with Crippen molar-refractivity contribution in [3.8, 4) is 0 Å². The standard InChI is InChI=1S/C16H25BrO/c1-13-8-9-14(7-5-4-6-11-17)16(2,3)15(13)10-12-18/h5,7,12,14H,4,6,8-11H2,1-3H3/b7-5-. The van der Waals surface area contributed by atoms with Gasteiger partial charge in [-0.1, -0.05) is 53.1 Å². The molecular formula is C16H25BrO. The van der Waals surface area contributed by atoms with E-state index in [9.17, 15) is 4.79 Å². The normalized spacial score (nSPS) is 23.7. The number of aldehydes is 1. The molecule has 0 radical (unpaired) electrons. The fourth-order valence-electron chi connectivity index (χ4n) is 2.97. The van der Waals surface area contributed by atoms with Gasteiger partial charge in [-0.15, -0.1) is 0 Å². The van der Waals surface area contributed by atoms with Crippen LogP contribution in [0.4, 0.5) is 0 Å². The Balaban J connectivity index is 2.78. The number of hydrogen-bond donors (Lipinski definition) is 0. The molecule has 0 saturated heterocycles. The van der Waals surface area contributed by atoms with Gasteiger partial charge in [-0.2, -0.15) is 0 Å². The zero-order valence-electron chi connectivity index (χ0n) is 11.8. The maximum atomic E-state index is 10.9. The summed E-state index contributed by atoms with van der Waals surface area (Å²) in [4.78, 5) is 10.9. The Morgan fingerprint density at radius 1 is 1.44 bits per heavy atom. The zero-order chi connectivity index (χ0) is 13.6. The van der Waals surface area contributed by atoms with Gasteiger partial charge in [-0.05, 0) is 43.9 Å². The molecule has 0 aliphatic heterocycles. The molecule has 2 heteroatoms. The Morgan fingerprint density at radius 2 is 2.17 bits per heavy atom. The van der Waals surface area contributed by atoms with Crippen molar-refractivity contribution in [3.63, 3.8) is 0 Å². The SMILES string of the molecule is CC1=C(CC=O)C(C)(C)C(/C=C\CCCBr)CC1. The molecule has 0 spiro atoms. The summed E-state index contributed by atoms with van der Waals surface area (Å²) in [6, 6.07) is 0. The first-order chi connectivity index (χ1) is 8.54. The number of unbranched alkanes of at least 4 members (excludes halogenated alkanes) is 1. The third kappa shape index (κ3) is 3.81. The first-order valence-corrected chi connectivity index (χ1v) is 8.01. The van der Waals surface area contributed by atoms with Gasteiger partial charge in [-0.25, -0.2) is 0 Å². The maximum Gasteiger partial charge on any atom is 0.124 e. The van der Waals surface area contributed by atoms with Crippen LogP contribution in [0.5, 0.6) is 0 Å². The number of halogens is 1. The van der Waals surface area contributed by atoms with Crippen LogP contribution in [0.25, 0.3) is 0 Å². The van der Waals surface area contributed by atoms with Gasteiger partial charge >= 0.3 is 0 Å². The van der Waals surface area contributed by atoms with Gasteiger partial charge in [0.15, 0.2) is 0 Å². The summed E-state index contributed by atoms with van der Waals surface area (Å²) in [5.41, 5.74) is 2.92. The molecule has 0 bridgehead atoms. The molecule has 0 aromatic carbocycles.